The summed E-state index contributed by atoms with van der Waals surface area (Å²) in [5, 5.41) is 3.91. The van der Waals surface area contributed by atoms with Crippen molar-refractivity contribution in [3.63, 3.8) is 0 Å². The van der Waals surface area contributed by atoms with E-state index in [9.17, 15) is 0 Å². The van der Waals surface area contributed by atoms with Gasteiger partial charge in [-0.05, 0) is 24.0 Å². The molecule has 0 aliphatic carbocycles. The first-order valence-corrected chi connectivity index (χ1v) is 6.03. The molecular formula is C13H13N3O. The zero-order valence-corrected chi connectivity index (χ0v) is 9.41. The van der Waals surface area contributed by atoms with Gasteiger partial charge in [-0.1, -0.05) is 29.4 Å². The molecule has 1 fully saturated rings. The van der Waals surface area contributed by atoms with Crippen LogP contribution in [0.1, 0.15) is 41.9 Å². The molecule has 2 bridgehead atoms. The van der Waals surface area contributed by atoms with E-state index in [0.29, 0.717) is 12.1 Å². The molecule has 0 saturated carbocycles. The Hall–Kier alpha value is -1.68. The van der Waals surface area contributed by atoms with Crippen LogP contribution in [0.3, 0.4) is 0 Å². The van der Waals surface area contributed by atoms with Crippen molar-refractivity contribution < 1.29 is 4.52 Å². The largest absolute Gasteiger partial charge is 0.343 e. The third-order valence-corrected chi connectivity index (χ3v) is 3.96. The van der Waals surface area contributed by atoms with E-state index in [1.807, 2.05) is 0 Å². The topological polar surface area (TPSA) is 42.2 Å². The molecule has 4 heteroatoms. The molecule has 2 aromatic rings. The molecule has 1 aromatic carbocycles. The fourth-order valence-corrected chi connectivity index (χ4v) is 3.30. The van der Waals surface area contributed by atoms with Crippen LogP contribution >= 0.6 is 0 Å². The number of benzene rings is 1. The van der Waals surface area contributed by atoms with Gasteiger partial charge in [0.15, 0.2) is 5.82 Å². The number of hydrogen-bond donors (Lipinski definition) is 0. The lowest BCUT2D eigenvalue weighted by molar-refractivity contribution is 0.205. The van der Waals surface area contributed by atoms with E-state index in [1.54, 1.807) is 0 Å². The highest BCUT2D eigenvalue weighted by Gasteiger charge is 2.43. The number of aromatic nitrogens is 2. The highest BCUT2D eigenvalue weighted by Crippen LogP contribution is 2.53. The molecule has 1 saturated heterocycles. The SMILES string of the molecule is c1ccc2c(c1)C1CCC2N1Cc1ncon1. The Balaban J connectivity index is 1.69. The van der Waals surface area contributed by atoms with Crippen LogP contribution in [0.4, 0.5) is 0 Å². The molecule has 1 aromatic heterocycles. The minimum absolute atomic E-state index is 0.551. The maximum absolute atomic E-state index is 4.81. The van der Waals surface area contributed by atoms with Crippen LogP contribution in [0, 0.1) is 0 Å². The quantitative estimate of drug-likeness (QED) is 0.790. The summed E-state index contributed by atoms with van der Waals surface area (Å²) in [4.78, 5) is 6.62. The average Bonchev–Trinajstić information content (AvgIpc) is 3.06. The second kappa shape index (κ2) is 3.40. The van der Waals surface area contributed by atoms with Crippen molar-refractivity contribution >= 4 is 0 Å². The third-order valence-electron chi connectivity index (χ3n) is 3.96. The van der Waals surface area contributed by atoms with Crippen LogP contribution in [-0.4, -0.2) is 15.0 Å². The van der Waals surface area contributed by atoms with Gasteiger partial charge in [0.05, 0.1) is 6.54 Å². The van der Waals surface area contributed by atoms with E-state index < -0.39 is 0 Å². The van der Waals surface area contributed by atoms with Crippen LogP contribution in [-0.2, 0) is 6.54 Å². The Bertz CT molecular complexity index is 506. The summed E-state index contributed by atoms with van der Waals surface area (Å²) in [6.07, 6.45) is 3.90. The summed E-state index contributed by atoms with van der Waals surface area (Å²) >= 11 is 0. The second-order valence-corrected chi connectivity index (χ2v) is 4.76. The summed E-state index contributed by atoms with van der Waals surface area (Å²) in [5.74, 6) is 0.787. The normalized spacial score (nSPS) is 26.4. The lowest BCUT2D eigenvalue weighted by Crippen LogP contribution is -2.19. The van der Waals surface area contributed by atoms with Crippen molar-refractivity contribution in [2.75, 3.05) is 0 Å². The highest BCUT2D eigenvalue weighted by atomic mass is 16.5. The van der Waals surface area contributed by atoms with Gasteiger partial charge in [-0.2, -0.15) is 4.98 Å². The molecule has 2 aliphatic rings. The second-order valence-electron chi connectivity index (χ2n) is 4.76. The first kappa shape index (κ1) is 9.36. The molecule has 17 heavy (non-hydrogen) atoms. The number of nitrogens with zero attached hydrogens (tertiary/aromatic N) is 3. The molecule has 0 N–H and O–H groups in total. The van der Waals surface area contributed by atoms with E-state index in [2.05, 4.69) is 39.3 Å². The molecule has 0 radical (unpaired) electrons. The van der Waals surface area contributed by atoms with Crippen molar-refractivity contribution in [2.45, 2.75) is 31.5 Å². The average molecular weight is 227 g/mol. The third kappa shape index (κ3) is 1.27. The summed E-state index contributed by atoms with van der Waals surface area (Å²) in [6.45, 7) is 0.792. The number of rotatable bonds is 2. The highest BCUT2D eigenvalue weighted by molar-refractivity contribution is 5.39. The van der Waals surface area contributed by atoms with Gasteiger partial charge in [0.1, 0.15) is 0 Å². The van der Waals surface area contributed by atoms with Crippen molar-refractivity contribution in [1.29, 1.82) is 0 Å². The van der Waals surface area contributed by atoms with Crippen molar-refractivity contribution in [3.05, 3.63) is 47.6 Å². The van der Waals surface area contributed by atoms with E-state index >= 15 is 0 Å². The summed E-state index contributed by atoms with van der Waals surface area (Å²) in [5.41, 5.74) is 2.99. The maximum atomic E-state index is 4.81. The molecule has 2 aliphatic heterocycles. The lowest BCUT2D eigenvalue weighted by Gasteiger charge is -2.19. The van der Waals surface area contributed by atoms with Gasteiger partial charge in [-0.3, -0.25) is 4.90 Å². The van der Waals surface area contributed by atoms with Gasteiger partial charge >= 0.3 is 0 Å². The number of hydrogen-bond acceptors (Lipinski definition) is 4. The van der Waals surface area contributed by atoms with Crippen molar-refractivity contribution in [1.82, 2.24) is 15.0 Å². The van der Waals surface area contributed by atoms with Crippen molar-refractivity contribution in [2.24, 2.45) is 0 Å². The van der Waals surface area contributed by atoms with E-state index in [4.69, 9.17) is 4.52 Å². The van der Waals surface area contributed by atoms with E-state index in [1.165, 1.54) is 30.4 Å². The Kier molecular flexibility index (Phi) is 1.87. The van der Waals surface area contributed by atoms with E-state index in [-0.39, 0.29) is 0 Å². The van der Waals surface area contributed by atoms with Gasteiger partial charge < -0.3 is 4.52 Å². The van der Waals surface area contributed by atoms with Gasteiger partial charge in [0, 0.05) is 12.1 Å². The Morgan fingerprint density at radius 1 is 1.18 bits per heavy atom. The van der Waals surface area contributed by atoms with Gasteiger partial charge in [-0.15, -0.1) is 0 Å². The number of fused-ring (bicyclic) bond motifs is 5. The standard InChI is InChI=1S/C13H13N3O/c1-2-4-10-9(3-1)11-5-6-12(10)16(11)7-13-14-8-17-15-13/h1-4,8,11-12H,5-7H2. The minimum Gasteiger partial charge on any atom is -0.343 e. The van der Waals surface area contributed by atoms with Crippen LogP contribution < -0.4 is 0 Å². The predicted molar refractivity (Wildman–Crippen MR) is 61.0 cm³/mol. The Morgan fingerprint density at radius 2 is 1.88 bits per heavy atom. The first-order chi connectivity index (χ1) is 8.43. The molecule has 2 unspecified atom stereocenters. The molecule has 3 heterocycles. The van der Waals surface area contributed by atoms with Crippen LogP contribution in [0.25, 0.3) is 0 Å². The van der Waals surface area contributed by atoms with Gasteiger partial charge in [0.25, 0.3) is 0 Å². The summed E-state index contributed by atoms with van der Waals surface area (Å²) < 4.78 is 4.81. The zero-order chi connectivity index (χ0) is 11.2. The predicted octanol–water partition coefficient (Wildman–Crippen LogP) is 2.46. The van der Waals surface area contributed by atoms with Gasteiger partial charge in [0.2, 0.25) is 6.39 Å². The Morgan fingerprint density at radius 3 is 2.47 bits per heavy atom. The minimum atomic E-state index is 0.551. The fraction of sp³-hybridized carbons (Fsp3) is 0.385. The van der Waals surface area contributed by atoms with Crippen LogP contribution in [0.15, 0.2) is 35.2 Å². The smallest absolute Gasteiger partial charge is 0.213 e. The van der Waals surface area contributed by atoms with Crippen molar-refractivity contribution in [3.8, 4) is 0 Å². The zero-order valence-electron chi connectivity index (χ0n) is 9.41. The molecule has 0 amide bonds. The Labute approximate surface area is 99.2 Å². The van der Waals surface area contributed by atoms with E-state index in [0.717, 1.165) is 12.4 Å². The first-order valence-electron chi connectivity index (χ1n) is 6.03. The van der Waals surface area contributed by atoms with Crippen LogP contribution in [0.2, 0.25) is 0 Å². The molecule has 0 spiro atoms. The lowest BCUT2D eigenvalue weighted by atomic mass is 9.92. The maximum Gasteiger partial charge on any atom is 0.213 e. The fourth-order valence-electron chi connectivity index (χ4n) is 3.30. The molecule has 2 atom stereocenters. The summed E-state index contributed by atoms with van der Waals surface area (Å²) in [6, 6.07) is 9.87. The molecular weight excluding hydrogens is 214 g/mol. The molecule has 4 rings (SSSR count). The molecule has 4 nitrogen and oxygen atoms in total. The van der Waals surface area contributed by atoms with Crippen LogP contribution in [0.5, 0.6) is 0 Å². The molecule has 86 valence electrons. The van der Waals surface area contributed by atoms with Gasteiger partial charge in [-0.25, -0.2) is 0 Å². The summed E-state index contributed by atoms with van der Waals surface area (Å²) in [7, 11) is 0. The monoisotopic (exact) mass is 227 g/mol.